The van der Waals surface area contributed by atoms with E-state index in [1.54, 1.807) is 14.1 Å². The zero-order valence-electron chi connectivity index (χ0n) is 15.1. The van der Waals surface area contributed by atoms with Crippen LogP contribution in [0.5, 0.6) is 0 Å². The number of para-hydroxylation sites is 1. The fourth-order valence-electron chi connectivity index (χ4n) is 3.19. The van der Waals surface area contributed by atoms with Crippen molar-refractivity contribution >= 4 is 22.6 Å². The van der Waals surface area contributed by atoms with Crippen molar-refractivity contribution in [2.75, 3.05) is 14.1 Å². The van der Waals surface area contributed by atoms with Crippen molar-refractivity contribution in [3.8, 4) is 11.3 Å². The summed E-state index contributed by atoms with van der Waals surface area (Å²) in [6.45, 7) is 3.80. The molecule has 3 rings (SSSR count). The largest absolute Gasteiger partial charge is 0.361 e. The lowest BCUT2D eigenvalue weighted by Crippen LogP contribution is -2.30. The number of hydrogen-bond acceptors (Lipinski definition) is 4. The van der Waals surface area contributed by atoms with Gasteiger partial charge in [-0.15, -0.1) is 0 Å². The summed E-state index contributed by atoms with van der Waals surface area (Å²) in [6.07, 6.45) is 0.670. The predicted octanol–water partition coefficient (Wildman–Crippen LogP) is 2.98. The highest BCUT2D eigenvalue weighted by molar-refractivity contribution is 6.46. The summed E-state index contributed by atoms with van der Waals surface area (Å²) in [4.78, 5) is 26.7. The number of carbonyl (C=O) groups is 2. The van der Waals surface area contributed by atoms with Crippen LogP contribution in [-0.4, -0.2) is 40.4 Å². The fraction of sp³-hybridized carbons (Fsp3) is 0.316. The molecule has 6 heteroatoms. The molecule has 6 nitrogen and oxygen atoms in total. The molecule has 0 unspecified atom stereocenters. The molecule has 2 heterocycles. The minimum atomic E-state index is -0.551. The van der Waals surface area contributed by atoms with Crippen LogP contribution in [0.2, 0.25) is 0 Å². The highest BCUT2D eigenvalue weighted by atomic mass is 16.5. The van der Waals surface area contributed by atoms with E-state index in [0.29, 0.717) is 23.4 Å². The SMILES string of the molecule is CCc1noc(C)c1-c1c(C(=O)C(=O)N(C)C)c2ccccc2n1C. The Kier molecular flexibility index (Phi) is 4.20. The molecule has 0 fully saturated rings. The smallest absolute Gasteiger partial charge is 0.294 e. The molecule has 3 aromatic rings. The van der Waals surface area contributed by atoms with Crippen molar-refractivity contribution in [2.45, 2.75) is 20.3 Å². The Balaban J connectivity index is 2.41. The van der Waals surface area contributed by atoms with Gasteiger partial charge in [-0.3, -0.25) is 9.59 Å². The lowest BCUT2D eigenvalue weighted by Gasteiger charge is -2.11. The van der Waals surface area contributed by atoms with E-state index < -0.39 is 11.7 Å². The first-order valence-electron chi connectivity index (χ1n) is 8.17. The van der Waals surface area contributed by atoms with E-state index in [2.05, 4.69) is 5.16 Å². The molecule has 130 valence electrons. The number of benzene rings is 1. The number of aryl methyl sites for hydroxylation is 3. The van der Waals surface area contributed by atoms with Gasteiger partial charge in [0.2, 0.25) is 0 Å². The normalized spacial score (nSPS) is 11.1. The van der Waals surface area contributed by atoms with E-state index in [4.69, 9.17) is 4.52 Å². The van der Waals surface area contributed by atoms with Gasteiger partial charge in [0, 0.05) is 32.0 Å². The molecule has 0 bridgehead atoms. The fourth-order valence-corrected chi connectivity index (χ4v) is 3.19. The summed E-state index contributed by atoms with van der Waals surface area (Å²) in [5.41, 5.74) is 3.52. The van der Waals surface area contributed by atoms with E-state index in [0.717, 1.165) is 22.2 Å². The van der Waals surface area contributed by atoms with Gasteiger partial charge in [0.25, 0.3) is 11.7 Å². The summed E-state index contributed by atoms with van der Waals surface area (Å²) < 4.78 is 7.30. The molecule has 0 saturated heterocycles. The van der Waals surface area contributed by atoms with Gasteiger partial charge in [0.1, 0.15) is 5.76 Å². The third-order valence-corrected chi connectivity index (χ3v) is 4.44. The molecule has 0 spiro atoms. The first-order chi connectivity index (χ1) is 11.9. The Hall–Kier alpha value is -2.89. The van der Waals surface area contributed by atoms with Crippen LogP contribution >= 0.6 is 0 Å². The molecule has 0 saturated carbocycles. The van der Waals surface area contributed by atoms with Crippen LogP contribution in [-0.2, 0) is 18.3 Å². The molecule has 1 aromatic carbocycles. The minimum absolute atomic E-state index is 0.401. The molecule has 0 radical (unpaired) electrons. The van der Waals surface area contributed by atoms with Gasteiger partial charge in [0.05, 0.1) is 22.5 Å². The van der Waals surface area contributed by atoms with E-state index >= 15 is 0 Å². The highest BCUT2D eigenvalue weighted by Crippen LogP contribution is 2.37. The van der Waals surface area contributed by atoms with Crippen molar-refractivity contribution < 1.29 is 14.1 Å². The number of Topliss-reactive ketones (excluding diaryl/α,β-unsaturated/α-hetero) is 1. The number of hydrogen-bond donors (Lipinski definition) is 0. The number of fused-ring (bicyclic) bond motifs is 1. The van der Waals surface area contributed by atoms with E-state index in [1.165, 1.54) is 4.90 Å². The Bertz CT molecular complexity index is 979. The number of likely N-dealkylation sites (N-methyl/N-ethyl adjacent to an activating group) is 1. The van der Waals surface area contributed by atoms with Gasteiger partial charge < -0.3 is 14.0 Å². The van der Waals surface area contributed by atoms with Gasteiger partial charge in [-0.05, 0) is 19.4 Å². The van der Waals surface area contributed by atoms with E-state index in [9.17, 15) is 9.59 Å². The van der Waals surface area contributed by atoms with Crippen LogP contribution in [0.3, 0.4) is 0 Å². The van der Waals surface area contributed by atoms with E-state index in [-0.39, 0.29) is 0 Å². The van der Waals surface area contributed by atoms with Gasteiger partial charge in [-0.1, -0.05) is 30.3 Å². The third kappa shape index (κ3) is 2.54. The molecular formula is C19H21N3O3. The standard InChI is InChI=1S/C19H21N3O3/c1-6-13-15(11(2)25-20-13)17-16(18(23)19(24)21(3)4)12-9-7-8-10-14(12)22(17)5/h7-10H,6H2,1-5H3. The van der Waals surface area contributed by atoms with Gasteiger partial charge in [-0.2, -0.15) is 0 Å². The quantitative estimate of drug-likeness (QED) is 0.541. The molecule has 0 aliphatic rings. The maximum absolute atomic E-state index is 13.0. The van der Waals surface area contributed by atoms with Crippen LogP contribution in [0.1, 0.15) is 28.7 Å². The van der Waals surface area contributed by atoms with Crippen molar-refractivity contribution in [3.05, 3.63) is 41.3 Å². The Labute approximate surface area is 146 Å². The van der Waals surface area contributed by atoms with Crippen molar-refractivity contribution in [1.82, 2.24) is 14.6 Å². The molecule has 2 aromatic heterocycles. The first kappa shape index (κ1) is 17.0. The molecular weight excluding hydrogens is 318 g/mol. The second-order valence-corrected chi connectivity index (χ2v) is 6.24. The number of carbonyl (C=O) groups excluding carboxylic acids is 2. The minimum Gasteiger partial charge on any atom is -0.361 e. The van der Waals surface area contributed by atoms with E-state index in [1.807, 2.05) is 49.7 Å². The van der Waals surface area contributed by atoms with Gasteiger partial charge in [-0.25, -0.2) is 0 Å². The number of nitrogens with zero attached hydrogens (tertiary/aromatic N) is 3. The topological polar surface area (TPSA) is 68.3 Å². The summed E-state index contributed by atoms with van der Waals surface area (Å²) in [5.74, 6) is -0.446. The van der Waals surface area contributed by atoms with Crippen molar-refractivity contribution in [3.63, 3.8) is 0 Å². The maximum atomic E-state index is 13.0. The second kappa shape index (κ2) is 6.20. The predicted molar refractivity (Wildman–Crippen MR) is 95.6 cm³/mol. The summed E-state index contributed by atoms with van der Waals surface area (Å²) >= 11 is 0. The average molecular weight is 339 g/mol. The summed E-state index contributed by atoms with van der Waals surface area (Å²) in [5, 5.41) is 4.86. The highest BCUT2D eigenvalue weighted by Gasteiger charge is 2.30. The maximum Gasteiger partial charge on any atom is 0.294 e. The molecule has 0 aliphatic heterocycles. The van der Waals surface area contributed by atoms with Crippen LogP contribution in [0.25, 0.3) is 22.2 Å². The third-order valence-electron chi connectivity index (χ3n) is 4.44. The summed E-state index contributed by atoms with van der Waals surface area (Å²) in [7, 11) is 5.04. The zero-order chi connectivity index (χ0) is 18.3. The van der Waals surface area contributed by atoms with Crippen LogP contribution < -0.4 is 0 Å². The molecule has 25 heavy (non-hydrogen) atoms. The van der Waals surface area contributed by atoms with Crippen molar-refractivity contribution in [2.24, 2.45) is 7.05 Å². The Morgan fingerprint density at radius 3 is 2.56 bits per heavy atom. The Morgan fingerprint density at radius 1 is 1.24 bits per heavy atom. The average Bonchev–Trinajstić information content (AvgIpc) is 3.11. The molecule has 0 N–H and O–H groups in total. The number of ketones is 1. The lowest BCUT2D eigenvalue weighted by atomic mass is 9.99. The molecule has 1 amide bonds. The monoisotopic (exact) mass is 339 g/mol. The Morgan fingerprint density at radius 2 is 1.92 bits per heavy atom. The van der Waals surface area contributed by atoms with Crippen LogP contribution in [0, 0.1) is 6.92 Å². The van der Waals surface area contributed by atoms with Gasteiger partial charge in [0.15, 0.2) is 0 Å². The van der Waals surface area contributed by atoms with Crippen LogP contribution in [0.15, 0.2) is 28.8 Å². The molecule has 0 aliphatic carbocycles. The number of aromatic nitrogens is 2. The number of rotatable bonds is 4. The first-order valence-corrected chi connectivity index (χ1v) is 8.17. The number of amides is 1. The van der Waals surface area contributed by atoms with Crippen molar-refractivity contribution in [1.29, 1.82) is 0 Å². The second-order valence-electron chi connectivity index (χ2n) is 6.24. The van der Waals surface area contributed by atoms with Crippen LogP contribution in [0.4, 0.5) is 0 Å². The van der Waals surface area contributed by atoms with Gasteiger partial charge >= 0.3 is 0 Å². The lowest BCUT2D eigenvalue weighted by molar-refractivity contribution is -0.124. The molecule has 0 atom stereocenters. The zero-order valence-corrected chi connectivity index (χ0v) is 15.1. The summed E-state index contributed by atoms with van der Waals surface area (Å²) in [6, 6.07) is 7.58.